The number of aryl methyl sites for hydroxylation is 1. The van der Waals surface area contributed by atoms with Crippen LogP contribution in [0.2, 0.25) is 0 Å². The van der Waals surface area contributed by atoms with E-state index in [1.165, 1.54) is 5.56 Å². The molecule has 5 heteroatoms. The summed E-state index contributed by atoms with van der Waals surface area (Å²) in [4.78, 5) is 20.7. The zero-order valence-corrected chi connectivity index (χ0v) is 13.1. The summed E-state index contributed by atoms with van der Waals surface area (Å²) in [6, 6.07) is 15.9. The Morgan fingerprint density at radius 2 is 1.95 bits per heavy atom. The monoisotopic (exact) mass is 311 g/mol. The first-order valence-corrected chi connectivity index (χ1v) is 8.10. The van der Waals surface area contributed by atoms with Crippen LogP contribution in [0.15, 0.2) is 53.4 Å². The topological polar surface area (TPSA) is 57.8 Å². The van der Waals surface area contributed by atoms with Gasteiger partial charge in [-0.2, -0.15) is 0 Å². The molecule has 112 valence electrons. The molecule has 0 aliphatic heterocycles. The van der Waals surface area contributed by atoms with E-state index in [1.54, 1.807) is 11.8 Å². The summed E-state index contributed by atoms with van der Waals surface area (Å²) in [6.45, 7) is 2.47. The molecule has 0 saturated carbocycles. The molecule has 22 heavy (non-hydrogen) atoms. The summed E-state index contributed by atoms with van der Waals surface area (Å²) in [5.74, 6) is 1.19. The molecule has 0 aliphatic carbocycles. The van der Waals surface area contributed by atoms with Gasteiger partial charge in [-0.25, -0.2) is 4.98 Å². The predicted octanol–water partition coefficient (Wildman–Crippen LogP) is 3.28. The van der Waals surface area contributed by atoms with E-state index in [4.69, 9.17) is 0 Å². The molecule has 0 atom stereocenters. The smallest absolute Gasteiger partial charge is 0.230 e. The number of nitrogens with zero attached hydrogens (tertiary/aromatic N) is 1. The standard InChI is InChI=1S/C17H17N3OS/c1-12-6-2-5-9-15(12)22-11-17(21)18-10-16-19-13-7-3-4-8-14(13)20-16/h2-9H,10-11H2,1H3,(H,18,21)(H,19,20). The Morgan fingerprint density at radius 3 is 2.77 bits per heavy atom. The van der Waals surface area contributed by atoms with E-state index >= 15 is 0 Å². The first kappa shape index (κ1) is 14.7. The molecule has 0 aliphatic rings. The molecule has 3 aromatic rings. The van der Waals surface area contributed by atoms with Crippen molar-refractivity contribution in [3.63, 3.8) is 0 Å². The number of hydrogen-bond donors (Lipinski definition) is 2. The second-order valence-corrected chi connectivity index (χ2v) is 6.05. The van der Waals surface area contributed by atoms with Crippen molar-refractivity contribution in [2.24, 2.45) is 0 Å². The molecule has 3 rings (SSSR count). The third-order valence-electron chi connectivity index (χ3n) is 3.34. The van der Waals surface area contributed by atoms with Crippen LogP contribution in [-0.4, -0.2) is 21.6 Å². The number of amides is 1. The van der Waals surface area contributed by atoms with Crippen LogP contribution >= 0.6 is 11.8 Å². The number of nitrogens with one attached hydrogen (secondary N) is 2. The van der Waals surface area contributed by atoms with Crippen molar-refractivity contribution < 1.29 is 4.79 Å². The number of thioether (sulfide) groups is 1. The highest BCUT2D eigenvalue weighted by Crippen LogP contribution is 2.21. The first-order valence-electron chi connectivity index (χ1n) is 7.11. The Balaban J connectivity index is 1.53. The average molecular weight is 311 g/mol. The number of para-hydroxylation sites is 2. The summed E-state index contributed by atoms with van der Waals surface area (Å²) in [5, 5.41) is 2.90. The first-order chi connectivity index (χ1) is 10.7. The highest BCUT2D eigenvalue weighted by molar-refractivity contribution is 8.00. The Morgan fingerprint density at radius 1 is 1.18 bits per heavy atom. The maximum Gasteiger partial charge on any atom is 0.230 e. The van der Waals surface area contributed by atoms with Gasteiger partial charge in [0.1, 0.15) is 5.82 Å². The number of H-pyrrole nitrogens is 1. The fraction of sp³-hybridized carbons (Fsp3) is 0.176. The molecule has 0 spiro atoms. The summed E-state index contributed by atoms with van der Waals surface area (Å²) in [7, 11) is 0. The molecule has 2 N–H and O–H groups in total. The maximum absolute atomic E-state index is 11.9. The van der Waals surface area contributed by atoms with Crippen LogP contribution in [0.5, 0.6) is 0 Å². The molecule has 0 fully saturated rings. The second-order valence-electron chi connectivity index (χ2n) is 5.03. The average Bonchev–Trinajstić information content (AvgIpc) is 2.95. The van der Waals surface area contributed by atoms with Crippen molar-refractivity contribution >= 4 is 28.7 Å². The van der Waals surface area contributed by atoms with E-state index in [2.05, 4.69) is 28.3 Å². The van der Waals surface area contributed by atoms with E-state index < -0.39 is 0 Å². The molecule has 1 amide bonds. The summed E-state index contributed by atoms with van der Waals surface area (Å²) >= 11 is 1.55. The second kappa shape index (κ2) is 6.66. The van der Waals surface area contributed by atoms with Gasteiger partial charge < -0.3 is 10.3 Å². The number of carbonyl (C=O) groups excluding carboxylic acids is 1. The highest BCUT2D eigenvalue weighted by atomic mass is 32.2. The van der Waals surface area contributed by atoms with Crippen LogP contribution in [0.1, 0.15) is 11.4 Å². The van der Waals surface area contributed by atoms with Crippen LogP contribution in [0.3, 0.4) is 0 Å². The third-order valence-corrected chi connectivity index (χ3v) is 4.52. The number of fused-ring (bicyclic) bond motifs is 1. The SMILES string of the molecule is Cc1ccccc1SCC(=O)NCc1nc2ccccc2[nH]1. The summed E-state index contributed by atoms with van der Waals surface area (Å²) in [6.07, 6.45) is 0. The fourth-order valence-electron chi connectivity index (χ4n) is 2.18. The van der Waals surface area contributed by atoms with E-state index in [0.29, 0.717) is 12.3 Å². The van der Waals surface area contributed by atoms with Gasteiger partial charge in [-0.3, -0.25) is 4.79 Å². The van der Waals surface area contributed by atoms with E-state index in [-0.39, 0.29) is 5.91 Å². The lowest BCUT2D eigenvalue weighted by molar-refractivity contribution is -0.118. The zero-order chi connectivity index (χ0) is 15.4. The van der Waals surface area contributed by atoms with Crippen LogP contribution in [-0.2, 0) is 11.3 Å². The van der Waals surface area contributed by atoms with Gasteiger partial charge in [-0.05, 0) is 30.7 Å². The summed E-state index contributed by atoms with van der Waals surface area (Å²) in [5.41, 5.74) is 3.10. The number of hydrogen-bond acceptors (Lipinski definition) is 3. The van der Waals surface area contributed by atoms with Crippen LogP contribution < -0.4 is 5.32 Å². The van der Waals surface area contributed by atoms with E-state index in [9.17, 15) is 4.79 Å². The van der Waals surface area contributed by atoms with Gasteiger partial charge >= 0.3 is 0 Å². The minimum Gasteiger partial charge on any atom is -0.348 e. The predicted molar refractivity (Wildman–Crippen MR) is 89.8 cm³/mol. The van der Waals surface area contributed by atoms with Gasteiger partial charge in [0.2, 0.25) is 5.91 Å². The Labute approximate surface area is 133 Å². The Kier molecular flexibility index (Phi) is 4.44. The maximum atomic E-state index is 11.9. The molecule has 0 unspecified atom stereocenters. The summed E-state index contributed by atoms with van der Waals surface area (Å²) < 4.78 is 0. The van der Waals surface area contributed by atoms with Gasteiger partial charge in [-0.15, -0.1) is 11.8 Å². The molecule has 0 saturated heterocycles. The fourth-order valence-corrected chi connectivity index (χ4v) is 3.04. The van der Waals surface area contributed by atoms with Crippen LogP contribution in [0, 0.1) is 6.92 Å². The van der Waals surface area contributed by atoms with Crippen molar-refractivity contribution in [3.8, 4) is 0 Å². The van der Waals surface area contributed by atoms with Crippen molar-refractivity contribution in [1.82, 2.24) is 15.3 Å². The van der Waals surface area contributed by atoms with Crippen molar-refractivity contribution in [2.75, 3.05) is 5.75 Å². The van der Waals surface area contributed by atoms with Gasteiger partial charge in [0.25, 0.3) is 0 Å². The van der Waals surface area contributed by atoms with Crippen molar-refractivity contribution in [3.05, 3.63) is 59.9 Å². The molecule has 0 radical (unpaired) electrons. The number of imidazole rings is 1. The van der Waals surface area contributed by atoms with Gasteiger partial charge in [0.15, 0.2) is 0 Å². The van der Waals surface area contributed by atoms with Gasteiger partial charge in [-0.1, -0.05) is 30.3 Å². The molecule has 1 aromatic heterocycles. The molecular weight excluding hydrogens is 294 g/mol. The zero-order valence-electron chi connectivity index (χ0n) is 12.3. The van der Waals surface area contributed by atoms with Crippen LogP contribution in [0.25, 0.3) is 11.0 Å². The normalized spacial score (nSPS) is 10.8. The molecule has 2 aromatic carbocycles. The third kappa shape index (κ3) is 3.49. The molecular formula is C17H17N3OS. The molecule has 0 bridgehead atoms. The lowest BCUT2D eigenvalue weighted by Gasteiger charge is -2.05. The number of aromatic amines is 1. The van der Waals surface area contributed by atoms with Gasteiger partial charge in [0.05, 0.1) is 23.3 Å². The lowest BCUT2D eigenvalue weighted by Crippen LogP contribution is -2.25. The Bertz CT molecular complexity index is 764. The van der Waals surface area contributed by atoms with Crippen molar-refractivity contribution in [2.45, 2.75) is 18.4 Å². The lowest BCUT2D eigenvalue weighted by atomic mass is 10.2. The molecule has 1 heterocycles. The highest BCUT2D eigenvalue weighted by Gasteiger charge is 2.06. The van der Waals surface area contributed by atoms with Crippen LogP contribution in [0.4, 0.5) is 0 Å². The Hall–Kier alpha value is -2.27. The number of rotatable bonds is 5. The van der Waals surface area contributed by atoms with E-state index in [0.717, 1.165) is 21.8 Å². The molecule has 4 nitrogen and oxygen atoms in total. The van der Waals surface area contributed by atoms with E-state index in [1.807, 2.05) is 42.5 Å². The minimum absolute atomic E-state index is 0.00806. The van der Waals surface area contributed by atoms with Gasteiger partial charge in [0, 0.05) is 4.90 Å². The number of aromatic nitrogens is 2. The largest absolute Gasteiger partial charge is 0.348 e. The quantitative estimate of drug-likeness (QED) is 0.711. The number of carbonyl (C=O) groups is 1. The van der Waals surface area contributed by atoms with Crippen molar-refractivity contribution in [1.29, 1.82) is 0 Å². The number of benzene rings is 2. The minimum atomic E-state index is 0.00806.